The fourth-order valence-electron chi connectivity index (χ4n) is 2.08. The zero-order chi connectivity index (χ0) is 16.7. The molecule has 0 heterocycles. The van der Waals surface area contributed by atoms with Gasteiger partial charge in [0.15, 0.2) is 0 Å². The molecule has 0 atom stereocenters. The maximum Gasteiger partial charge on any atom is 0.251 e. The van der Waals surface area contributed by atoms with E-state index in [1.54, 1.807) is 24.3 Å². The van der Waals surface area contributed by atoms with Crippen LogP contribution >= 0.6 is 11.6 Å². The second-order valence-corrected chi connectivity index (χ2v) is 5.66. The largest absolute Gasteiger partial charge is 0.352 e. The fraction of sp³-hybridized carbons (Fsp3) is 0.222. The van der Waals surface area contributed by atoms with E-state index in [2.05, 4.69) is 10.6 Å². The lowest BCUT2D eigenvalue weighted by Gasteiger charge is -2.08. The van der Waals surface area contributed by atoms with Crippen LogP contribution in [0.15, 0.2) is 48.5 Å². The molecule has 0 aromatic heterocycles. The van der Waals surface area contributed by atoms with Crippen molar-refractivity contribution >= 4 is 29.1 Å². The van der Waals surface area contributed by atoms with Gasteiger partial charge in [-0.1, -0.05) is 35.9 Å². The molecule has 0 saturated carbocycles. The van der Waals surface area contributed by atoms with Gasteiger partial charge in [0.25, 0.3) is 5.91 Å². The minimum atomic E-state index is -0.132. The molecule has 2 aromatic carbocycles. The van der Waals surface area contributed by atoms with Gasteiger partial charge in [0, 0.05) is 18.5 Å². The molecule has 0 aliphatic rings. The number of anilines is 1. The van der Waals surface area contributed by atoms with Crippen LogP contribution in [0.4, 0.5) is 5.69 Å². The standard InChI is InChI=1S/C18H19ClN2O2/c1-13-9-10-16(15(19)12-13)21-17(22)8-5-11-20-18(23)14-6-3-2-4-7-14/h2-4,6-7,9-10,12H,5,8,11H2,1H3,(H,20,23)(H,21,22). The predicted octanol–water partition coefficient (Wildman–Crippen LogP) is 3.80. The molecule has 23 heavy (non-hydrogen) atoms. The van der Waals surface area contributed by atoms with E-state index in [1.807, 2.05) is 31.2 Å². The number of carbonyl (C=O) groups is 2. The van der Waals surface area contributed by atoms with Gasteiger partial charge >= 0.3 is 0 Å². The molecule has 0 aliphatic carbocycles. The number of nitrogens with one attached hydrogen (secondary N) is 2. The van der Waals surface area contributed by atoms with E-state index in [9.17, 15) is 9.59 Å². The van der Waals surface area contributed by atoms with Crippen LogP contribution in [0.1, 0.15) is 28.8 Å². The van der Waals surface area contributed by atoms with E-state index in [0.717, 1.165) is 5.56 Å². The topological polar surface area (TPSA) is 58.2 Å². The molecule has 2 N–H and O–H groups in total. The van der Waals surface area contributed by atoms with Gasteiger partial charge < -0.3 is 10.6 Å². The summed E-state index contributed by atoms with van der Waals surface area (Å²) >= 11 is 6.07. The number of carbonyl (C=O) groups excluding carboxylic acids is 2. The average molecular weight is 331 g/mol. The monoisotopic (exact) mass is 330 g/mol. The second-order valence-electron chi connectivity index (χ2n) is 5.26. The van der Waals surface area contributed by atoms with Crippen molar-refractivity contribution < 1.29 is 9.59 Å². The molecular weight excluding hydrogens is 312 g/mol. The predicted molar refractivity (Wildman–Crippen MR) is 92.8 cm³/mol. The first kappa shape index (κ1) is 17.0. The normalized spacial score (nSPS) is 10.2. The van der Waals surface area contributed by atoms with Crippen LogP contribution in [0, 0.1) is 6.92 Å². The van der Waals surface area contributed by atoms with Crippen LogP contribution in [-0.2, 0) is 4.79 Å². The van der Waals surface area contributed by atoms with Crippen LogP contribution in [-0.4, -0.2) is 18.4 Å². The maximum atomic E-state index is 11.9. The highest BCUT2D eigenvalue weighted by molar-refractivity contribution is 6.33. The van der Waals surface area contributed by atoms with Crippen molar-refractivity contribution in [3.05, 3.63) is 64.7 Å². The van der Waals surface area contributed by atoms with Gasteiger partial charge in [0.1, 0.15) is 0 Å². The van der Waals surface area contributed by atoms with Crippen molar-refractivity contribution in [2.45, 2.75) is 19.8 Å². The van der Waals surface area contributed by atoms with E-state index >= 15 is 0 Å². The summed E-state index contributed by atoms with van der Waals surface area (Å²) in [6.07, 6.45) is 0.882. The van der Waals surface area contributed by atoms with E-state index in [-0.39, 0.29) is 11.8 Å². The van der Waals surface area contributed by atoms with Gasteiger partial charge in [0.05, 0.1) is 10.7 Å². The summed E-state index contributed by atoms with van der Waals surface area (Å²) < 4.78 is 0. The molecule has 2 amide bonds. The van der Waals surface area contributed by atoms with E-state index in [4.69, 9.17) is 11.6 Å². The number of benzene rings is 2. The molecule has 2 rings (SSSR count). The molecule has 2 aromatic rings. The summed E-state index contributed by atoms with van der Waals surface area (Å²) in [7, 11) is 0. The Labute approximate surface area is 140 Å². The van der Waals surface area contributed by atoms with Crippen LogP contribution < -0.4 is 10.6 Å². The van der Waals surface area contributed by atoms with E-state index in [1.165, 1.54) is 0 Å². The Balaban J connectivity index is 1.72. The molecule has 0 unspecified atom stereocenters. The number of aryl methyl sites for hydroxylation is 1. The summed E-state index contributed by atoms with van der Waals surface area (Å²) in [5, 5.41) is 6.09. The first-order chi connectivity index (χ1) is 11.1. The Morgan fingerprint density at radius 1 is 1.09 bits per heavy atom. The fourth-order valence-corrected chi connectivity index (χ4v) is 2.36. The smallest absolute Gasteiger partial charge is 0.251 e. The first-order valence-corrected chi connectivity index (χ1v) is 7.83. The number of amides is 2. The first-order valence-electron chi connectivity index (χ1n) is 7.45. The third kappa shape index (κ3) is 5.42. The number of halogens is 1. The highest BCUT2D eigenvalue weighted by Crippen LogP contribution is 2.22. The van der Waals surface area contributed by atoms with Crippen molar-refractivity contribution in [3.63, 3.8) is 0 Å². The molecule has 0 aliphatic heterocycles. The average Bonchev–Trinajstić information content (AvgIpc) is 2.55. The zero-order valence-corrected chi connectivity index (χ0v) is 13.7. The molecule has 0 spiro atoms. The highest BCUT2D eigenvalue weighted by Gasteiger charge is 2.07. The third-order valence-electron chi connectivity index (χ3n) is 3.30. The van der Waals surface area contributed by atoms with Gasteiger partial charge in [-0.05, 0) is 43.2 Å². The van der Waals surface area contributed by atoms with Crippen LogP contribution in [0.3, 0.4) is 0 Å². The van der Waals surface area contributed by atoms with Crippen LogP contribution in [0.25, 0.3) is 0 Å². The molecular formula is C18H19ClN2O2. The lowest BCUT2D eigenvalue weighted by molar-refractivity contribution is -0.116. The Morgan fingerprint density at radius 2 is 1.83 bits per heavy atom. The van der Waals surface area contributed by atoms with Crippen molar-refractivity contribution in [2.24, 2.45) is 0 Å². The Kier molecular flexibility index (Phi) is 6.18. The Morgan fingerprint density at radius 3 is 2.52 bits per heavy atom. The zero-order valence-electron chi connectivity index (χ0n) is 12.9. The summed E-state index contributed by atoms with van der Waals surface area (Å²) in [5.41, 5.74) is 2.26. The molecule has 4 nitrogen and oxygen atoms in total. The van der Waals surface area contributed by atoms with Gasteiger partial charge in [-0.15, -0.1) is 0 Å². The maximum absolute atomic E-state index is 11.9. The minimum Gasteiger partial charge on any atom is -0.352 e. The minimum absolute atomic E-state index is 0.121. The molecule has 0 saturated heterocycles. The lowest BCUT2D eigenvalue weighted by Crippen LogP contribution is -2.25. The number of hydrogen-bond acceptors (Lipinski definition) is 2. The van der Waals surface area contributed by atoms with Crippen molar-refractivity contribution in [3.8, 4) is 0 Å². The lowest BCUT2D eigenvalue weighted by atomic mass is 10.2. The van der Waals surface area contributed by atoms with E-state index < -0.39 is 0 Å². The Bertz CT molecular complexity index is 687. The Hall–Kier alpha value is -2.33. The van der Waals surface area contributed by atoms with Gasteiger partial charge in [0.2, 0.25) is 5.91 Å². The van der Waals surface area contributed by atoms with Crippen molar-refractivity contribution in [1.82, 2.24) is 5.32 Å². The van der Waals surface area contributed by atoms with Gasteiger partial charge in [-0.25, -0.2) is 0 Å². The molecule has 0 fully saturated rings. The third-order valence-corrected chi connectivity index (χ3v) is 3.61. The summed E-state index contributed by atoms with van der Waals surface area (Å²) in [4.78, 5) is 23.7. The van der Waals surface area contributed by atoms with Crippen LogP contribution in [0.5, 0.6) is 0 Å². The highest BCUT2D eigenvalue weighted by atomic mass is 35.5. The summed E-state index contributed by atoms with van der Waals surface area (Å²) in [6, 6.07) is 14.5. The second kappa shape index (κ2) is 8.34. The quantitative estimate of drug-likeness (QED) is 0.791. The van der Waals surface area contributed by atoms with Crippen molar-refractivity contribution in [1.29, 1.82) is 0 Å². The number of hydrogen-bond donors (Lipinski definition) is 2. The van der Waals surface area contributed by atoms with E-state index in [0.29, 0.717) is 35.7 Å². The molecule has 0 radical (unpaired) electrons. The molecule has 0 bridgehead atoms. The SMILES string of the molecule is Cc1ccc(NC(=O)CCCNC(=O)c2ccccc2)c(Cl)c1. The summed E-state index contributed by atoms with van der Waals surface area (Å²) in [6.45, 7) is 2.38. The van der Waals surface area contributed by atoms with Gasteiger partial charge in [-0.2, -0.15) is 0 Å². The summed E-state index contributed by atoms with van der Waals surface area (Å²) in [5.74, 6) is -0.252. The number of rotatable bonds is 6. The van der Waals surface area contributed by atoms with Crippen LogP contribution in [0.2, 0.25) is 5.02 Å². The van der Waals surface area contributed by atoms with Crippen molar-refractivity contribution in [2.75, 3.05) is 11.9 Å². The van der Waals surface area contributed by atoms with Gasteiger partial charge in [-0.3, -0.25) is 9.59 Å². The molecule has 5 heteroatoms. The molecule has 120 valence electrons.